The number of rotatable bonds is 3. The van der Waals surface area contributed by atoms with Gasteiger partial charge in [0.25, 0.3) is 0 Å². The number of esters is 1. The standard InChI is InChI=1S/C8H15NO2/c1-4-7(6(3)9)8(10)11-5-2/h4-5,9H2,1-3H3/b7-6-. The first-order valence-corrected chi connectivity index (χ1v) is 3.75. The minimum atomic E-state index is -0.296. The highest BCUT2D eigenvalue weighted by Gasteiger charge is 2.09. The first-order valence-electron chi connectivity index (χ1n) is 3.75. The molecule has 0 aliphatic heterocycles. The van der Waals surface area contributed by atoms with Gasteiger partial charge in [0, 0.05) is 5.70 Å². The fourth-order valence-corrected chi connectivity index (χ4v) is 0.802. The molecule has 11 heavy (non-hydrogen) atoms. The SMILES string of the molecule is CCOC(=O)/C(CC)=C(/C)N. The van der Waals surface area contributed by atoms with Gasteiger partial charge in [-0.2, -0.15) is 0 Å². The molecule has 0 heterocycles. The molecule has 64 valence electrons. The summed E-state index contributed by atoms with van der Waals surface area (Å²) in [7, 11) is 0. The van der Waals surface area contributed by atoms with Crippen LogP contribution in [0.5, 0.6) is 0 Å². The molecule has 3 heteroatoms. The zero-order valence-corrected chi connectivity index (χ0v) is 7.31. The van der Waals surface area contributed by atoms with Gasteiger partial charge < -0.3 is 10.5 Å². The van der Waals surface area contributed by atoms with Crippen molar-refractivity contribution in [1.82, 2.24) is 0 Å². The van der Waals surface area contributed by atoms with Crippen LogP contribution < -0.4 is 5.73 Å². The van der Waals surface area contributed by atoms with Crippen LogP contribution in [0.25, 0.3) is 0 Å². The molecule has 0 bridgehead atoms. The fraction of sp³-hybridized carbons (Fsp3) is 0.625. The zero-order valence-electron chi connectivity index (χ0n) is 7.31. The number of carbonyl (C=O) groups is 1. The minimum absolute atomic E-state index is 0.296. The Labute approximate surface area is 67.2 Å². The van der Waals surface area contributed by atoms with Crippen molar-refractivity contribution in [3.8, 4) is 0 Å². The molecule has 0 saturated carbocycles. The van der Waals surface area contributed by atoms with Gasteiger partial charge in [0.1, 0.15) is 0 Å². The number of hydrogen-bond acceptors (Lipinski definition) is 3. The van der Waals surface area contributed by atoms with Crippen molar-refractivity contribution in [3.63, 3.8) is 0 Å². The van der Waals surface area contributed by atoms with Crippen LogP contribution >= 0.6 is 0 Å². The summed E-state index contributed by atoms with van der Waals surface area (Å²) < 4.78 is 4.78. The summed E-state index contributed by atoms with van der Waals surface area (Å²) in [6.45, 7) is 5.75. The lowest BCUT2D eigenvalue weighted by atomic mass is 10.2. The van der Waals surface area contributed by atoms with E-state index >= 15 is 0 Å². The molecule has 0 atom stereocenters. The smallest absolute Gasteiger partial charge is 0.335 e. The lowest BCUT2D eigenvalue weighted by Crippen LogP contribution is -2.11. The number of ether oxygens (including phenoxy) is 1. The molecule has 0 spiro atoms. The minimum Gasteiger partial charge on any atom is -0.463 e. The van der Waals surface area contributed by atoms with E-state index < -0.39 is 0 Å². The first-order chi connectivity index (χ1) is 5.13. The quantitative estimate of drug-likeness (QED) is 0.494. The van der Waals surface area contributed by atoms with E-state index in [1.54, 1.807) is 13.8 Å². The molecule has 0 unspecified atom stereocenters. The van der Waals surface area contributed by atoms with Gasteiger partial charge in [-0.3, -0.25) is 0 Å². The average Bonchev–Trinajstić information content (AvgIpc) is 1.88. The van der Waals surface area contributed by atoms with Crippen LogP contribution in [0.1, 0.15) is 27.2 Å². The fourth-order valence-electron chi connectivity index (χ4n) is 0.802. The van der Waals surface area contributed by atoms with E-state index in [0.717, 1.165) is 0 Å². The molecule has 0 aliphatic rings. The van der Waals surface area contributed by atoms with Crippen molar-refractivity contribution in [2.24, 2.45) is 5.73 Å². The summed E-state index contributed by atoms with van der Waals surface area (Å²) in [4.78, 5) is 11.1. The average molecular weight is 157 g/mol. The molecular formula is C8H15NO2. The normalized spacial score (nSPS) is 12.3. The van der Waals surface area contributed by atoms with E-state index in [4.69, 9.17) is 10.5 Å². The van der Waals surface area contributed by atoms with Crippen molar-refractivity contribution in [3.05, 3.63) is 11.3 Å². The van der Waals surface area contributed by atoms with Gasteiger partial charge in [-0.05, 0) is 20.3 Å². The van der Waals surface area contributed by atoms with Crippen LogP contribution in [-0.4, -0.2) is 12.6 Å². The highest BCUT2D eigenvalue weighted by atomic mass is 16.5. The topological polar surface area (TPSA) is 52.3 Å². The Morgan fingerprint density at radius 3 is 2.27 bits per heavy atom. The highest BCUT2D eigenvalue weighted by molar-refractivity contribution is 5.88. The lowest BCUT2D eigenvalue weighted by molar-refractivity contribution is -0.138. The number of hydrogen-bond donors (Lipinski definition) is 1. The van der Waals surface area contributed by atoms with Gasteiger partial charge in [-0.1, -0.05) is 6.92 Å². The van der Waals surface area contributed by atoms with Crippen LogP contribution in [0.2, 0.25) is 0 Å². The van der Waals surface area contributed by atoms with E-state index in [1.165, 1.54) is 0 Å². The number of allylic oxidation sites excluding steroid dienone is 1. The van der Waals surface area contributed by atoms with E-state index in [0.29, 0.717) is 24.3 Å². The van der Waals surface area contributed by atoms with Gasteiger partial charge in [-0.25, -0.2) is 4.79 Å². The zero-order chi connectivity index (χ0) is 8.85. The molecule has 0 aliphatic carbocycles. The number of nitrogens with two attached hydrogens (primary N) is 1. The van der Waals surface area contributed by atoms with Gasteiger partial charge in [-0.15, -0.1) is 0 Å². The predicted octanol–water partition coefficient (Wildman–Crippen LogP) is 1.19. The first kappa shape index (κ1) is 10.0. The Morgan fingerprint density at radius 2 is 2.00 bits per heavy atom. The summed E-state index contributed by atoms with van der Waals surface area (Å²) in [6, 6.07) is 0. The molecular weight excluding hydrogens is 142 g/mol. The van der Waals surface area contributed by atoms with Crippen molar-refractivity contribution in [2.45, 2.75) is 27.2 Å². The predicted molar refractivity (Wildman–Crippen MR) is 43.8 cm³/mol. The second kappa shape index (κ2) is 4.77. The van der Waals surface area contributed by atoms with Crippen LogP contribution in [0.4, 0.5) is 0 Å². The molecule has 0 saturated heterocycles. The Morgan fingerprint density at radius 1 is 1.45 bits per heavy atom. The summed E-state index contributed by atoms with van der Waals surface area (Å²) in [5, 5.41) is 0. The Balaban J connectivity index is 4.28. The van der Waals surface area contributed by atoms with E-state index in [9.17, 15) is 4.79 Å². The molecule has 0 aromatic heterocycles. The summed E-state index contributed by atoms with van der Waals surface area (Å²) in [5.41, 5.74) is 6.58. The maximum Gasteiger partial charge on any atom is 0.335 e. The van der Waals surface area contributed by atoms with Crippen LogP contribution in [0, 0.1) is 0 Å². The third-order valence-electron chi connectivity index (χ3n) is 1.35. The summed E-state index contributed by atoms with van der Waals surface area (Å²) >= 11 is 0. The molecule has 2 N–H and O–H groups in total. The van der Waals surface area contributed by atoms with Gasteiger partial charge >= 0.3 is 5.97 Å². The van der Waals surface area contributed by atoms with Crippen molar-refractivity contribution in [2.75, 3.05) is 6.61 Å². The largest absolute Gasteiger partial charge is 0.463 e. The molecule has 3 nitrogen and oxygen atoms in total. The monoisotopic (exact) mass is 157 g/mol. The van der Waals surface area contributed by atoms with Crippen LogP contribution in [0.3, 0.4) is 0 Å². The summed E-state index contributed by atoms with van der Waals surface area (Å²) in [5.74, 6) is -0.296. The Bertz CT molecular complexity index is 169. The molecule has 0 amide bonds. The van der Waals surface area contributed by atoms with Crippen molar-refractivity contribution in [1.29, 1.82) is 0 Å². The van der Waals surface area contributed by atoms with Crippen LogP contribution in [-0.2, 0) is 9.53 Å². The second-order valence-electron chi connectivity index (χ2n) is 2.24. The highest BCUT2D eigenvalue weighted by Crippen LogP contribution is 2.05. The molecule has 0 aromatic rings. The molecule has 0 fully saturated rings. The van der Waals surface area contributed by atoms with E-state index in [1.807, 2.05) is 6.92 Å². The molecule has 0 rings (SSSR count). The van der Waals surface area contributed by atoms with E-state index in [-0.39, 0.29) is 5.97 Å². The number of carbonyl (C=O) groups excluding carboxylic acids is 1. The summed E-state index contributed by atoms with van der Waals surface area (Å²) in [6.07, 6.45) is 0.626. The maximum absolute atomic E-state index is 11.1. The van der Waals surface area contributed by atoms with Gasteiger partial charge in [0.2, 0.25) is 0 Å². The lowest BCUT2D eigenvalue weighted by Gasteiger charge is -2.05. The second-order valence-corrected chi connectivity index (χ2v) is 2.24. The van der Waals surface area contributed by atoms with Gasteiger partial charge in [0.15, 0.2) is 0 Å². The van der Waals surface area contributed by atoms with E-state index in [2.05, 4.69) is 0 Å². The third-order valence-corrected chi connectivity index (χ3v) is 1.35. The molecule has 0 aromatic carbocycles. The Kier molecular flexibility index (Phi) is 4.34. The van der Waals surface area contributed by atoms with Crippen molar-refractivity contribution < 1.29 is 9.53 Å². The maximum atomic E-state index is 11.1. The van der Waals surface area contributed by atoms with Crippen molar-refractivity contribution >= 4 is 5.97 Å². The van der Waals surface area contributed by atoms with Gasteiger partial charge in [0.05, 0.1) is 12.2 Å². The molecule has 0 radical (unpaired) electrons. The third kappa shape index (κ3) is 3.07. The van der Waals surface area contributed by atoms with Crippen LogP contribution in [0.15, 0.2) is 11.3 Å². The Hall–Kier alpha value is -0.990.